The summed E-state index contributed by atoms with van der Waals surface area (Å²) in [7, 11) is 0. The van der Waals surface area contributed by atoms with E-state index in [1.54, 1.807) is 11.8 Å². The van der Waals surface area contributed by atoms with Crippen LogP contribution in [-0.2, 0) is 18.0 Å². The summed E-state index contributed by atoms with van der Waals surface area (Å²) in [5.74, 6) is 1.58. The second-order valence-electron chi connectivity index (χ2n) is 6.37. The molecule has 0 fully saturated rings. The van der Waals surface area contributed by atoms with E-state index in [0.717, 1.165) is 40.7 Å². The number of unbranched alkanes of at least 4 members (excludes halogenated alkanes) is 1. The number of anilines is 1. The van der Waals surface area contributed by atoms with Crippen LogP contribution in [0, 0.1) is 0 Å². The number of aromatic nitrogens is 3. The van der Waals surface area contributed by atoms with Gasteiger partial charge in [-0.05, 0) is 47.4 Å². The number of benzene rings is 2. The highest BCUT2D eigenvalue weighted by Gasteiger charge is 2.20. The molecule has 0 bridgehead atoms. The van der Waals surface area contributed by atoms with Gasteiger partial charge >= 0.3 is 0 Å². The van der Waals surface area contributed by atoms with Gasteiger partial charge in [0.1, 0.15) is 0 Å². The van der Waals surface area contributed by atoms with Crippen molar-refractivity contribution in [2.45, 2.75) is 31.2 Å². The Bertz CT molecular complexity index is 997. The molecule has 140 valence electrons. The molecule has 4 N–H and O–H groups in total. The van der Waals surface area contributed by atoms with Crippen LogP contribution >= 0.6 is 23.4 Å². The average Bonchev–Trinajstić information content (AvgIpc) is 2.65. The Morgan fingerprint density at radius 3 is 2.81 bits per heavy atom. The lowest BCUT2D eigenvalue weighted by molar-refractivity contribution is 0.103. The first-order chi connectivity index (χ1) is 13.2. The van der Waals surface area contributed by atoms with Gasteiger partial charge in [-0.3, -0.25) is 0 Å². The maximum atomic E-state index is 6.63. The van der Waals surface area contributed by atoms with Crippen molar-refractivity contribution in [2.75, 3.05) is 18.0 Å². The molecule has 2 aromatic carbocycles. The van der Waals surface area contributed by atoms with Gasteiger partial charge in [0.2, 0.25) is 5.95 Å². The molecule has 2 heterocycles. The highest BCUT2D eigenvalue weighted by molar-refractivity contribution is 7.99. The summed E-state index contributed by atoms with van der Waals surface area (Å²) in [5, 5.41) is 3.38. The average molecular weight is 402 g/mol. The van der Waals surface area contributed by atoms with Gasteiger partial charge in [0.25, 0.3) is 0 Å². The predicted octanol–water partition coefficient (Wildman–Crippen LogP) is 3.79. The maximum Gasteiger partial charge on any atom is 0.224 e. The minimum absolute atomic E-state index is 0.196. The molecular weight excluding hydrogens is 382 g/mol. The van der Waals surface area contributed by atoms with E-state index in [9.17, 15) is 0 Å². The van der Waals surface area contributed by atoms with Gasteiger partial charge < -0.3 is 16.2 Å². The van der Waals surface area contributed by atoms with Crippen LogP contribution in [0.3, 0.4) is 0 Å². The molecule has 1 aliphatic rings. The predicted molar refractivity (Wildman–Crippen MR) is 110 cm³/mol. The molecule has 0 spiro atoms. The number of hydrogen-bond donors (Lipinski definition) is 2. The number of nitrogens with zero attached hydrogens (tertiary/aromatic N) is 3. The Kier molecular flexibility index (Phi) is 5.45. The normalized spacial score (nSPS) is 13.3. The molecule has 27 heavy (non-hydrogen) atoms. The second kappa shape index (κ2) is 7.98. The largest absolute Gasteiger partial charge is 0.372 e. The molecule has 0 saturated heterocycles. The summed E-state index contributed by atoms with van der Waals surface area (Å²) in [6, 6.07) is 8.06. The van der Waals surface area contributed by atoms with Crippen molar-refractivity contribution < 1.29 is 4.74 Å². The molecule has 1 aromatic heterocycles. The van der Waals surface area contributed by atoms with Crippen molar-refractivity contribution in [3.05, 3.63) is 40.4 Å². The molecule has 0 aliphatic carbocycles. The van der Waals surface area contributed by atoms with Crippen molar-refractivity contribution in [3.8, 4) is 11.4 Å². The Labute approximate surface area is 166 Å². The number of nitrogen functional groups attached to an aromatic ring is 1. The monoisotopic (exact) mass is 401 g/mol. The minimum Gasteiger partial charge on any atom is -0.372 e. The second-order valence-corrected chi connectivity index (χ2v) is 7.84. The first-order valence-electron chi connectivity index (χ1n) is 8.83. The molecule has 6 nitrogen and oxygen atoms in total. The van der Waals surface area contributed by atoms with Crippen LogP contribution in [0.5, 0.6) is 0 Å². The van der Waals surface area contributed by atoms with E-state index >= 15 is 0 Å². The van der Waals surface area contributed by atoms with Crippen molar-refractivity contribution in [1.82, 2.24) is 15.0 Å². The summed E-state index contributed by atoms with van der Waals surface area (Å²) in [6.07, 6.45) is 1.98. The first-order valence-corrected chi connectivity index (χ1v) is 10.2. The standard InChI is InChI=1S/C19H20ClN5OS/c20-14-8-12-10-26-9-11-4-3-5-13(15(11)12)16(14)17-23-18(22)25-19(24-17)27-7-2-1-6-21/h3-5,8H,1-2,6-7,9-10,21H2,(H2,22,23,24,25). The SMILES string of the molecule is NCCCCSc1nc(N)nc(-c2c(Cl)cc3c4c(cccc24)COC3)n1. The van der Waals surface area contributed by atoms with Crippen LogP contribution in [0.4, 0.5) is 5.95 Å². The zero-order valence-electron chi connectivity index (χ0n) is 14.7. The van der Waals surface area contributed by atoms with E-state index in [1.165, 1.54) is 5.39 Å². The van der Waals surface area contributed by atoms with Crippen molar-refractivity contribution in [2.24, 2.45) is 5.73 Å². The van der Waals surface area contributed by atoms with Crippen molar-refractivity contribution in [1.29, 1.82) is 0 Å². The lowest BCUT2D eigenvalue weighted by Gasteiger charge is -2.20. The van der Waals surface area contributed by atoms with Gasteiger partial charge in [-0.15, -0.1) is 0 Å². The summed E-state index contributed by atoms with van der Waals surface area (Å²) in [4.78, 5) is 13.3. The summed E-state index contributed by atoms with van der Waals surface area (Å²) in [6.45, 7) is 1.83. The number of nitrogens with two attached hydrogens (primary N) is 2. The summed E-state index contributed by atoms with van der Waals surface area (Å²) >= 11 is 8.19. The van der Waals surface area contributed by atoms with Gasteiger partial charge in [-0.2, -0.15) is 9.97 Å². The summed E-state index contributed by atoms with van der Waals surface area (Å²) < 4.78 is 5.66. The third-order valence-electron chi connectivity index (χ3n) is 4.48. The van der Waals surface area contributed by atoms with Crippen LogP contribution < -0.4 is 11.5 Å². The topological polar surface area (TPSA) is 99.9 Å². The highest BCUT2D eigenvalue weighted by atomic mass is 35.5. The van der Waals surface area contributed by atoms with Gasteiger partial charge in [-0.1, -0.05) is 41.6 Å². The van der Waals surface area contributed by atoms with Crippen LogP contribution in [0.1, 0.15) is 24.0 Å². The molecular formula is C19H20ClN5OS. The quantitative estimate of drug-likeness (QED) is 0.478. The molecule has 0 radical (unpaired) electrons. The molecule has 8 heteroatoms. The maximum absolute atomic E-state index is 6.63. The van der Waals surface area contributed by atoms with Crippen LogP contribution in [0.25, 0.3) is 22.2 Å². The number of ether oxygens (including phenoxy) is 1. The fourth-order valence-electron chi connectivity index (χ4n) is 3.30. The Morgan fingerprint density at radius 2 is 1.96 bits per heavy atom. The number of rotatable bonds is 6. The van der Waals surface area contributed by atoms with Gasteiger partial charge in [0.15, 0.2) is 11.0 Å². The van der Waals surface area contributed by atoms with Gasteiger partial charge in [0.05, 0.1) is 18.2 Å². The van der Waals surface area contributed by atoms with Crippen LogP contribution in [0.15, 0.2) is 29.4 Å². The minimum atomic E-state index is 0.196. The molecule has 3 aromatic rings. The molecule has 0 amide bonds. The molecule has 0 unspecified atom stereocenters. The van der Waals surface area contributed by atoms with Gasteiger partial charge in [-0.25, -0.2) is 4.98 Å². The van der Waals surface area contributed by atoms with E-state index in [1.807, 2.05) is 18.2 Å². The third-order valence-corrected chi connectivity index (χ3v) is 5.71. The first kappa shape index (κ1) is 18.4. The number of hydrogen-bond acceptors (Lipinski definition) is 7. The lowest BCUT2D eigenvalue weighted by Crippen LogP contribution is -2.07. The molecule has 1 aliphatic heterocycles. The van der Waals surface area contributed by atoms with E-state index in [4.69, 9.17) is 27.8 Å². The fourth-order valence-corrected chi connectivity index (χ4v) is 4.46. The van der Waals surface area contributed by atoms with Crippen molar-refractivity contribution >= 4 is 40.1 Å². The zero-order chi connectivity index (χ0) is 18.8. The van der Waals surface area contributed by atoms with Gasteiger partial charge in [0, 0.05) is 11.3 Å². The lowest BCUT2D eigenvalue weighted by atomic mass is 9.94. The van der Waals surface area contributed by atoms with E-state index in [2.05, 4.69) is 21.0 Å². The molecule has 4 rings (SSSR count). The van der Waals surface area contributed by atoms with Crippen molar-refractivity contribution in [3.63, 3.8) is 0 Å². The molecule has 0 atom stereocenters. The Hall–Kier alpha value is -1.93. The zero-order valence-corrected chi connectivity index (χ0v) is 16.3. The number of thioether (sulfide) groups is 1. The Balaban J connectivity index is 1.80. The van der Waals surface area contributed by atoms with Crippen LogP contribution in [-0.4, -0.2) is 27.2 Å². The molecule has 0 saturated carbocycles. The Morgan fingerprint density at radius 1 is 1.11 bits per heavy atom. The van der Waals surface area contributed by atoms with E-state index < -0.39 is 0 Å². The smallest absolute Gasteiger partial charge is 0.224 e. The number of halogens is 1. The third kappa shape index (κ3) is 3.73. The van der Waals surface area contributed by atoms with E-state index in [-0.39, 0.29) is 5.95 Å². The highest BCUT2D eigenvalue weighted by Crippen LogP contribution is 2.39. The van der Waals surface area contributed by atoms with E-state index in [0.29, 0.717) is 35.8 Å². The fraction of sp³-hybridized carbons (Fsp3) is 0.316. The summed E-state index contributed by atoms with van der Waals surface area (Å²) in [5.41, 5.74) is 14.5. The van der Waals surface area contributed by atoms with Crippen LogP contribution in [0.2, 0.25) is 5.02 Å².